The van der Waals surface area contributed by atoms with Gasteiger partial charge in [-0.1, -0.05) is 0 Å². The fourth-order valence-corrected chi connectivity index (χ4v) is 4.04. The third-order valence-electron chi connectivity index (χ3n) is 5.61. The summed E-state index contributed by atoms with van der Waals surface area (Å²) in [5.74, 6) is 0.0813. The first-order valence-electron chi connectivity index (χ1n) is 10.4. The smallest absolute Gasteiger partial charge is 0.135 e. The van der Waals surface area contributed by atoms with Crippen molar-refractivity contribution in [3.63, 3.8) is 0 Å². The van der Waals surface area contributed by atoms with E-state index in [0.717, 1.165) is 22.1 Å². The second kappa shape index (κ2) is 7.66. The third-order valence-corrected chi connectivity index (χ3v) is 5.61. The SMILES string of the molecule is COc1cc(F)cc(-c2nccc3[nH]c(-c4n[nH]c5ccc(-c6cncc(O)c6)nc45)cc23)c1. The minimum absolute atomic E-state index is 0.0661. The van der Waals surface area contributed by atoms with Gasteiger partial charge in [0.15, 0.2) is 0 Å². The summed E-state index contributed by atoms with van der Waals surface area (Å²) in [4.78, 5) is 16.7. The van der Waals surface area contributed by atoms with E-state index in [9.17, 15) is 9.50 Å². The zero-order chi connectivity index (χ0) is 23.2. The molecule has 0 unspecified atom stereocenters. The Hall–Kier alpha value is -4.79. The van der Waals surface area contributed by atoms with E-state index in [-0.39, 0.29) is 5.75 Å². The van der Waals surface area contributed by atoms with Crippen LogP contribution in [0.4, 0.5) is 4.39 Å². The maximum atomic E-state index is 14.1. The Bertz CT molecular complexity index is 1690. The van der Waals surface area contributed by atoms with Crippen molar-refractivity contribution in [2.45, 2.75) is 0 Å². The molecule has 0 spiro atoms. The highest BCUT2D eigenvalue weighted by atomic mass is 19.1. The van der Waals surface area contributed by atoms with Gasteiger partial charge < -0.3 is 14.8 Å². The number of rotatable bonds is 4. The van der Waals surface area contributed by atoms with E-state index in [1.807, 2.05) is 24.3 Å². The number of benzene rings is 1. The molecule has 0 aliphatic heterocycles. The Balaban J connectivity index is 1.50. The number of nitrogens with zero attached hydrogens (tertiary/aromatic N) is 4. The minimum atomic E-state index is -0.402. The highest BCUT2D eigenvalue weighted by molar-refractivity contribution is 5.99. The predicted molar refractivity (Wildman–Crippen MR) is 126 cm³/mol. The summed E-state index contributed by atoms with van der Waals surface area (Å²) in [7, 11) is 1.50. The highest BCUT2D eigenvalue weighted by Gasteiger charge is 2.17. The van der Waals surface area contributed by atoms with E-state index in [1.165, 1.54) is 25.4 Å². The molecule has 5 heterocycles. The van der Waals surface area contributed by atoms with Gasteiger partial charge >= 0.3 is 0 Å². The van der Waals surface area contributed by atoms with Crippen LogP contribution in [0, 0.1) is 5.82 Å². The van der Waals surface area contributed by atoms with Crippen molar-refractivity contribution in [2.75, 3.05) is 7.11 Å². The first-order valence-corrected chi connectivity index (χ1v) is 10.4. The fourth-order valence-electron chi connectivity index (χ4n) is 4.04. The summed E-state index contributed by atoms with van der Waals surface area (Å²) in [6.07, 6.45) is 4.68. The van der Waals surface area contributed by atoms with Crippen molar-refractivity contribution in [3.8, 4) is 45.4 Å². The van der Waals surface area contributed by atoms with E-state index >= 15 is 0 Å². The highest BCUT2D eigenvalue weighted by Crippen LogP contribution is 2.34. The van der Waals surface area contributed by atoms with E-state index < -0.39 is 5.82 Å². The number of aromatic nitrogens is 6. The van der Waals surface area contributed by atoms with E-state index in [1.54, 1.807) is 24.5 Å². The number of hydrogen-bond donors (Lipinski definition) is 3. The Labute approximate surface area is 192 Å². The molecule has 166 valence electrons. The molecule has 0 amide bonds. The Morgan fingerprint density at radius 1 is 0.941 bits per heavy atom. The average molecular weight is 452 g/mol. The maximum Gasteiger partial charge on any atom is 0.135 e. The standard InChI is InChI=1S/C25H17FN6O2/c1-34-17-8-13(6-15(26)9-17)23-18-10-22(29-20(18)4-5-28-23)25-24-21(31-32-25)3-2-19(30-24)14-7-16(33)12-27-11-14/h2-12,29,33H,1H3,(H,31,32). The van der Waals surface area contributed by atoms with Crippen LogP contribution in [0.15, 0.2) is 67.1 Å². The summed E-state index contributed by atoms with van der Waals surface area (Å²) in [5, 5.41) is 18.1. The van der Waals surface area contributed by atoms with Crippen LogP contribution in [0.25, 0.3) is 55.8 Å². The number of methoxy groups -OCH3 is 1. The molecular formula is C25H17FN6O2. The lowest BCUT2D eigenvalue weighted by atomic mass is 10.1. The molecule has 1 aromatic carbocycles. The zero-order valence-electron chi connectivity index (χ0n) is 17.9. The lowest BCUT2D eigenvalue weighted by Gasteiger charge is -2.06. The zero-order valence-corrected chi connectivity index (χ0v) is 17.9. The number of aromatic amines is 2. The van der Waals surface area contributed by atoms with Crippen LogP contribution in [0.5, 0.6) is 11.5 Å². The molecule has 0 aliphatic carbocycles. The molecule has 0 radical (unpaired) electrons. The molecule has 0 saturated carbocycles. The average Bonchev–Trinajstić information content (AvgIpc) is 3.47. The number of fused-ring (bicyclic) bond motifs is 2. The maximum absolute atomic E-state index is 14.1. The lowest BCUT2D eigenvalue weighted by Crippen LogP contribution is -1.89. The first kappa shape index (κ1) is 19.9. The Kier molecular flexibility index (Phi) is 4.48. The Morgan fingerprint density at radius 3 is 2.71 bits per heavy atom. The number of ether oxygens (including phenoxy) is 1. The van der Waals surface area contributed by atoms with Crippen molar-refractivity contribution < 1.29 is 14.2 Å². The molecule has 0 bridgehead atoms. The van der Waals surface area contributed by atoms with Crippen LogP contribution in [-0.4, -0.2) is 42.3 Å². The van der Waals surface area contributed by atoms with Gasteiger partial charge in [-0.15, -0.1) is 0 Å². The topological polar surface area (TPSA) is 113 Å². The molecular weight excluding hydrogens is 435 g/mol. The summed E-state index contributed by atoms with van der Waals surface area (Å²) >= 11 is 0. The molecule has 6 rings (SSSR count). The van der Waals surface area contributed by atoms with Crippen LogP contribution in [0.2, 0.25) is 0 Å². The third kappa shape index (κ3) is 3.30. The predicted octanol–water partition coefficient (Wildman–Crippen LogP) is 5.08. The monoisotopic (exact) mass is 452 g/mol. The van der Waals surface area contributed by atoms with E-state index in [2.05, 4.69) is 25.1 Å². The second-order valence-electron chi connectivity index (χ2n) is 7.78. The molecule has 34 heavy (non-hydrogen) atoms. The van der Waals surface area contributed by atoms with Gasteiger partial charge in [-0.2, -0.15) is 5.10 Å². The molecule has 0 atom stereocenters. The van der Waals surface area contributed by atoms with Crippen molar-refractivity contribution >= 4 is 21.9 Å². The van der Waals surface area contributed by atoms with Gasteiger partial charge in [0.2, 0.25) is 0 Å². The number of halogens is 1. The van der Waals surface area contributed by atoms with Crippen LogP contribution >= 0.6 is 0 Å². The van der Waals surface area contributed by atoms with Crippen molar-refractivity contribution in [1.29, 1.82) is 0 Å². The van der Waals surface area contributed by atoms with Gasteiger partial charge in [0, 0.05) is 40.5 Å². The normalized spacial score (nSPS) is 11.4. The summed E-state index contributed by atoms with van der Waals surface area (Å²) in [6, 6.07) is 13.6. The van der Waals surface area contributed by atoms with Gasteiger partial charge in [-0.3, -0.25) is 15.1 Å². The minimum Gasteiger partial charge on any atom is -0.506 e. The summed E-state index contributed by atoms with van der Waals surface area (Å²) < 4.78 is 19.4. The second-order valence-corrected chi connectivity index (χ2v) is 7.78. The molecule has 6 aromatic rings. The quantitative estimate of drug-likeness (QED) is 0.344. The van der Waals surface area contributed by atoms with Gasteiger partial charge in [0.25, 0.3) is 0 Å². The fraction of sp³-hybridized carbons (Fsp3) is 0.0400. The summed E-state index contributed by atoms with van der Waals surface area (Å²) in [6.45, 7) is 0. The number of pyridine rings is 3. The van der Waals surface area contributed by atoms with Crippen LogP contribution in [-0.2, 0) is 0 Å². The first-order chi connectivity index (χ1) is 16.6. The van der Waals surface area contributed by atoms with Gasteiger partial charge in [0.05, 0.1) is 35.9 Å². The molecule has 0 fully saturated rings. The van der Waals surface area contributed by atoms with Crippen LogP contribution < -0.4 is 4.74 Å². The molecule has 9 heteroatoms. The number of hydrogen-bond acceptors (Lipinski definition) is 6. The van der Waals surface area contributed by atoms with Gasteiger partial charge in [-0.25, -0.2) is 9.37 Å². The molecule has 0 saturated heterocycles. The molecule has 8 nitrogen and oxygen atoms in total. The lowest BCUT2D eigenvalue weighted by molar-refractivity contribution is 0.411. The number of nitrogens with one attached hydrogen (secondary N) is 2. The van der Waals surface area contributed by atoms with Crippen LogP contribution in [0.3, 0.4) is 0 Å². The molecule has 5 aromatic heterocycles. The van der Waals surface area contributed by atoms with Crippen molar-refractivity contribution in [3.05, 3.63) is 72.9 Å². The Morgan fingerprint density at radius 2 is 1.85 bits per heavy atom. The molecule has 0 aliphatic rings. The summed E-state index contributed by atoms with van der Waals surface area (Å²) in [5.41, 5.74) is 6.19. The molecule has 3 N–H and O–H groups in total. The largest absolute Gasteiger partial charge is 0.506 e. The van der Waals surface area contributed by atoms with Gasteiger partial charge in [-0.05, 0) is 42.5 Å². The van der Waals surface area contributed by atoms with Crippen molar-refractivity contribution in [2.24, 2.45) is 0 Å². The van der Waals surface area contributed by atoms with Gasteiger partial charge in [0.1, 0.15) is 28.5 Å². The van der Waals surface area contributed by atoms with Crippen molar-refractivity contribution in [1.82, 2.24) is 30.1 Å². The number of aromatic hydroxyl groups is 1. The van der Waals surface area contributed by atoms with E-state index in [4.69, 9.17) is 9.72 Å². The number of H-pyrrole nitrogens is 2. The van der Waals surface area contributed by atoms with Crippen LogP contribution in [0.1, 0.15) is 0 Å². The van der Waals surface area contributed by atoms with E-state index in [0.29, 0.717) is 39.5 Å².